The zero-order chi connectivity index (χ0) is 10.1. The van der Waals surface area contributed by atoms with Crippen LogP contribution in [-0.4, -0.2) is 39.9 Å². The molecule has 0 saturated carbocycles. The summed E-state index contributed by atoms with van der Waals surface area (Å²) in [5, 5.41) is 15.4. The van der Waals surface area contributed by atoms with Crippen LogP contribution in [0.4, 0.5) is 0 Å². The number of hydrogen-bond acceptors (Lipinski definition) is 2. The number of carboxylic acid groups (broad SMARTS) is 2. The first-order valence-corrected chi connectivity index (χ1v) is 3.83. The van der Waals surface area contributed by atoms with Crippen molar-refractivity contribution in [1.82, 2.24) is 0 Å². The second-order valence-electron chi connectivity index (χ2n) is 2.77. The SMILES string of the molecule is O=C(O)CC(=O)O.[Li][CH](C)CC. The van der Waals surface area contributed by atoms with Crippen molar-refractivity contribution in [1.29, 1.82) is 0 Å². The fourth-order valence-corrected chi connectivity index (χ4v) is 0.129. The quantitative estimate of drug-likeness (QED) is 0.485. The molecule has 0 saturated heterocycles. The summed E-state index contributed by atoms with van der Waals surface area (Å²) in [5.41, 5.74) is 0. The van der Waals surface area contributed by atoms with Crippen LogP contribution in [0.5, 0.6) is 0 Å². The molecule has 1 unspecified atom stereocenters. The molecule has 12 heavy (non-hydrogen) atoms. The summed E-state index contributed by atoms with van der Waals surface area (Å²) in [7, 11) is 0. The standard InChI is InChI=1S/C4H9.C3H4O4.Li/c1-3-4-2;4-2(5)1-3(6)7;/h3H,4H2,1-2H3;1H2,(H,4,5)(H,6,7);. The molecule has 0 aliphatic carbocycles. The van der Waals surface area contributed by atoms with E-state index in [2.05, 4.69) is 31.6 Å². The average molecular weight is 168 g/mol. The molecular formula is C7H13LiO4. The molecule has 0 heterocycles. The van der Waals surface area contributed by atoms with Gasteiger partial charge in [0.2, 0.25) is 0 Å². The third kappa shape index (κ3) is 22.7. The fourth-order valence-electron chi connectivity index (χ4n) is 0.129. The first-order chi connectivity index (χ1) is 5.40. The van der Waals surface area contributed by atoms with Gasteiger partial charge in [0.05, 0.1) is 0 Å². The molecule has 0 rings (SSSR count). The van der Waals surface area contributed by atoms with Gasteiger partial charge >= 0.3 is 54.5 Å². The Labute approximate surface area is 81.2 Å². The number of aliphatic carboxylic acids is 2. The summed E-state index contributed by atoms with van der Waals surface area (Å²) in [5.74, 6) is -2.62. The molecular weight excluding hydrogens is 155 g/mol. The fraction of sp³-hybridized carbons (Fsp3) is 0.714. The predicted molar refractivity (Wildman–Crippen MR) is 45.4 cm³/mol. The van der Waals surface area contributed by atoms with Crippen molar-refractivity contribution >= 4 is 29.7 Å². The molecule has 0 aromatic carbocycles. The third-order valence-electron chi connectivity index (χ3n) is 1.12. The molecule has 0 aliphatic rings. The summed E-state index contributed by atoms with van der Waals surface area (Å²) in [6.07, 6.45) is 0.500. The van der Waals surface area contributed by atoms with Gasteiger partial charge < -0.3 is 10.2 Å². The Hall–Kier alpha value is -0.463. The summed E-state index contributed by atoms with van der Waals surface area (Å²) in [6, 6.07) is 0. The molecule has 5 heteroatoms. The minimum atomic E-state index is -1.31. The molecule has 0 aliphatic heterocycles. The van der Waals surface area contributed by atoms with Crippen LogP contribution < -0.4 is 0 Å². The summed E-state index contributed by atoms with van der Waals surface area (Å²) >= 11 is 2.22. The van der Waals surface area contributed by atoms with Crippen LogP contribution in [0.15, 0.2) is 0 Å². The van der Waals surface area contributed by atoms with Gasteiger partial charge in [0, 0.05) is 0 Å². The Morgan fingerprint density at radius 1 is 1.33 bits per heavy atom. The minimum absolute atomic E-state index is 0.806. The van der Waals surface area contributed by atoms with Gasteiger partial charge in [-0.15, -0.1) is 0 Å². The monoisotopic (exact) mass is 168 g/mol. The molecule has 66 valence electrons. The first-order valence-electron chi connectivity index (χ1n) is 3.83. The van der Waals surface area contributed by atoms with Crippen LogP contribution in [0.2, 0.25) is 4.59 Å². The number of carbonyl (C=O) groups is 2. The van der Waals surface area contributed by atoms with E-state index >= 15 is 0 Å². The van der Waals surface area contributed by atoms with Crippen molar-refractivity contribution in [3.63, 3.8) is 0 Å². The average Bonchev–Trinajstić information content (AvgIpc) is 1.85. The second-order valence-corrected chi connectivity index (χ2v) is 2.77. The topological polar surface area (TPSA) is 74.6 Å². The Kier molecular flexibility index (Phi) is 10.1. The normalized spacial score (nSPS) is 11.0. The van der Waals surface area contributed by atoms with E-state index in [-0.39, 0.29) is 0 Å². The molecule has 0 bridgehead atoms. The number of hydrogen-bond donors (Lipinski definition) is 2. The van der Waals surface area contributed by atoms with Crippen LogP contribution in [0, 0.1) is 0 Å². The van der Waals surface area contributed by atoms with Crippen molar-refractivity contribution in [2.45, 2.75) is 31.3 Å². The van der Waals surface area contributed by atoms with Crippen molar-refractivity contribution in [3.05, 3.63) is 0 Å². The Bertz CT molecular complexity index is 132. The molecule has 4 nitrogen and oxygen atoms in total. The molecule has 0 aromatic heterocycles. The van der Waals surface area contributed by atoms with Gasteiger partial charge in [0.25, 0.3) is 0 Å². The van der Waals surface area contributed by atoms with Crippen LogP contribution in [0.3, 0.4) is 0 Å². The van der Waals surface area contributed by atoms with Crippen molar-refractivity contribution in [2.75, 3.05) is 0 Å². The van der Waals surface area contributed by atoms with E-state index in [4.69, 9.17) is 10.2 Å². The summed E-state index contributed by atoms with van der Waals surface area (Å²) in [6.45, 7) is 4.42. The van der Waals surface area contributed by atoms with Gasteiger partial charge in [-0.1, -0.05) is 0 Å². The molecule has 2 N–H and O–H groups in total. The van der Waals surface area contributed by atoms with Crippen LogP contribution >= 0.6 is 0 Å². The van der Waals surface area contributed by atoms with Gasteiger partial charge in [0.15, 0.2) is 0 Å². The first kappa shape index (κ1) is 14.1. The predicted octanol–water partition coefficient (Wildman–Crippen LogP) is 0.919. The molecule has 1 atom stereocenters. The molecule has 0 amide bonds. The van der Waals surface area contributed by atoms with Gasteiger partial charge in [-0.2, -0.15) is 0 Å². The van der Waals surface area contributed by atoms with Crippen molar-refractivity contribution < 1.29 is 19.8 Å². The van der Waals surface area contributed by atoms with E-state index < -0.39 is 18.4 Å². The Morgan fingerprint density at radius 3 is 1.58 bits per heavy atom. The van der Waals surface area contributed by atoms with E-state index in [0.717, 1.165) is 4.59 Å². The van der Waals surface area contributed by atoms with Gasteiger partial charge in [-0.05, 0) is 0 Å². The molecule has 0 radical (unpaired) electrons. The Balaban J connectivity index is 0. The maximum atomic E-state index is 9.43. The maximum absolute atomic E-state index is 9.43. The summed E-state index contributed by atoms with van der Waals surface area (Å²) in [4.78, 5) is 18.9. The Morgan fingerprint density at radius 2 is 1.58 bits per heavy atom. The summed E-state index contributed by atoms with van der Waals surface area (Å²) < 4.78 is 0.884. The van der Waals surface area contributed by atoms with Crippen molar-refractivity contribution in [3.8, 4) is 0 Å². The van der Waals surface area contributed by atoms with Gasteiger partial charge in [0.1, 0.15) is 6.42 Å². The van der Waals surface area contributed by atoms with Crippen molar-refractivity contribution in [2.24, 2.45) is 0 Å². The second kappa shape index (κ2) is 8.63. The van der Waals surface area contributed by atoms with E-state index in [1.807, 2.05) is 0 Å². The van der Waals surface area contributed by atoms with E-state index in [9.17, 15) is 9.59 Å². The molecule has 0 spiro atoms. The van der Waals surface area contributed by atoms with Crippen LogP contribution in [-0.2, 0) is 9.59 Å². The zero-order valence-electron chi connectivity index (χ0n) is 7.70. The van der Waals surface area contributed by atoms with E-state index in [0.29, 0.717) is 0 Å². The number of rotatable bonds is 3. The molecule has 0 fully saturated rings. The van der Waals surface area contributed by atoms with E-state index in [1.165, 1.54) is 6.42 Å². The third-order valence-corrected chi connectivity index (χ3v) is 1.12. The van der Waals surface area contributed by atoms with Crippen LogP contribution in [0.1, 0.15) is 26.7 Å². The van der Waals surface area contributed by atoms with Crippen LogP contribution in [0.25, 0.3) is 0 Å². The van der Waals surface area contributed by atoms with E-state index in [1.54, 1.807) is 0 Å². The zero-order valence-corrected chi connectivity index (χ0v) is 7.70. The molecule has 0 aromatic rings. The van der Waals surface area contributed by atoms with Gasteiger partial charge in [-0.25, -0.2) is 0 Å². The number of carboxylic acids is 2. The van der Waals surface area contributed by atoms with Gasteiger partial charge in [-0.3, -0.25) is 9.59 Å².